The van der Waals surface area contributed by atoms with E-state index in [2.05, 4.69) is 4.74 Å². The van der Waals surface area contributed by atoms with Gasteiger partial charge < -0.3 is 4.74 Å². The third kappa shape index (κ3) is 2.54. The maximum Gasteiger partial charge on any atom is 0.461 e. The average molecular weight is 254 g/mol. The second-order valence-electron chi connectivity index (χ2n) is 3.13. The molecule has 0 aromatic heterocycles. The van der Waals surface area contributed by atoms with Gasteiger partial charge >= 0.3 is 12.1 Å². The normalized spacial score (nSPS) is 12.4. The van der Waals surface area contributed by atoms with E-state index in [1.165, 1.54) is 13.2 Å². The molecule has 0 saturated heterocycles. The summed E-state index contributed by atoms with van der Waals surface area (Å²) in [6.45, 7) is 0. The van der Waals surface area contributed by atoms with E-state index in [-0.39, 0.29) is 5.75 Å². The summed E-state index contributed by atoms with van der Waals surface area (Å²) in [5.41, 5.74) is -0.758. The van der Waals surface area contributed by atoms with Crippen molar-refractivity contribution in [3.8, 4) is 5.75 Å². The van der Waals surface area contributed by atoms with E-state index < -0.39 is 23.4 Å². The van der Waals surface area contributed by atoms with Crippen molar-refractivity contribution in [3.63, 3.8) is 0 Å². The molecule has 0 heterocycles. The second kappa shape index (κ2) is 4.31. The molecule has 2 nitrogen and oxygen atoms in total. The van der Waals surface area contributed by atoms with Crippen molar-refractivity contribution >= 4 is 5.78 Å². The van der Waals surface area contributed by atoms with Gasteiger partial charge in [0, 0.05) is 5.56 Å². The summed E-state index contributed by atoms with van der Waals surface area (Å²) in [5.74, 6) is -7.68. The fraction of sp³-hybridized carbons (Fsp3) is 0.300. The molecule has 0 N–H and O–H groups in total. The number of carbonyl (C=O) groups is 1. The Morgan fingerprint density at radius 1 is 1.18 bits per heavy atom. The molecule has 0 spiro atoms. The molecule has 0 amide bonds. The molecule has 1 aromatic carbocycles. The van der Waals surface area contributed by atoms with Crippen molar-refractivity contribution < 1.29 is 31.5 Å². The number of hydrogen-bond acceptors (Lipinski definition) is 2. The van der Waals surface area contributed by atoms with Gasteiger partial charge in [-0.2, -0.15) is 22.0 Å². The van der Waals surface area contributed by atoms with Crippen molar-refractivity contribution in [1.29, 1.82) is 0 Å². The predicted molar refractivity (Wildman–Crippen MR) is 48.3 cm³/mol. The zero-order valence-electron chi connectivity index (χ0n) is 8.52. The molecule has 0 radical (unpaired) electrons. The van der Waals surface area contributed by atoms with Crippen LogP contribution in [0.2, 0.25) is 0 Å². The van der Waals surface area contributed by atoms with Crippen LogP contribution in [0.1, 0.15) is 10.4 Å². The summed E-state index contributed by atoms with van der Waals surface area (Å²) in [7, 11) is 1.20. The van der Waals surface area contributed by atoms with Gasteiger partial charge in [-0.05, 0) is 12.1 Å². The van der Waals surface area contributed by atoms with Crippen LogP contribution in [-0.4, -0.2) is 25.0 Å². The first-order valence-electron chi connectivity index (χ1n) is 4.33. The highest BCUT2D eigenvalue weighted by molar-refractivity contribution is 6.02. The van der Waals surface area contributed by atoms with E-state index in [4.69, 9.17) is 0 Å². The Morgan fingerprint density at radius 3 is 2.24 bits per heavy atom. The zero-order chi connectivity index (χ0) is 13.3. The standard InChI is InChI=1S/C10H7F5O2/c1-17-7-4-2-3-6(5-7)8(16)9(11,12)10(13,14)15/h2-5H,1H3. The maximum absolute atomic E-state index is 12.7. The summed E-state index contributed by atoms with van der Waals surface area (Å²) < 4.78 is 65.9. The number of rotatable bonds is 3. The fourth-order valence-corrected chi connectivity index (χ4v) is 1.07. The number of halogens is 5. The van der Waals surface area contributed by atoms with Crippen LogP contribution < -0.4 is 4.74 Å². The van der Waals surface area contributed by atoms with Crippen molar-refractivity contribution in [2.75, 3.05) is 7.11 Å². The van der Waals surface area contributed by atoms with Crippen LogP contribution >= 0.6 is 0 Å². The Kier molecular flexibility index (Phi) is 3.40. The highest BCUT2D eigenvalue weighted by Gasteiger charge is 2.63. The van der Waals surface area contributed by atoms with E-state index >= 15 is 0 Å². The summed E-state index contributed by atoms with van der Waals surface area (Å²) in [5, 5.41) is 0. The third-order valence-electron chi connectivity index (χ3n) is 1.97. The highest BCUT2D eigenvalue weighted by atomic mass is 19.4. The van der Waals surface area contributed by atoms with Crippen LogP contribution in [0.5, 0.6) is 5.75 Å². The van der Waals surface area contributed by atoms with Crippen LogP contribution in [0, 0.1) is 0 Å². The van der Waals surface area contributed by atoms with Crippen LogP contribution in [0.4, 0.5) is 22.0 Å². The lowest BCUT2D eigenvalue weighted by atomic mass is 10.0. The zero-order valence-corrected chi connectivity index (χ0v) is 8.52. The highest BCUT2D eigenvalue weighted by Crippen LogP contribution is 2.38. The van der Waals surface area contributed by atoms with Crippen LogP contribution in [-0.2, 0) is 0 Å². The topological polar surface area (TPSA) is 26.3 Å². The minimum absolute atomic E-state index is 0.0221. The maximum atomic E-state index is 12.7. The molecule has 17 heavy (non-hydrogen) atoms. The SMILES string of the molecule is COc1cccc(C(=O)C(F)(F)C(F)(F)F)c1. The van der Waals surface area contributed by atoms with E-state index in [1.807, 2.05) is 0 Å². The molecule has 0 atom stereocenters. The van der Waals surface area contributed by atoms with Gasteiger partial charge in [-0.25, -0.2) is 0 Å². The Balaban J connectivity index is 3.12. The monoisotopic (exact) mass is 254 g/mol. The minimum atomic E-state index is -5.91. The molecule has 0 aliphatic carbocycles. The lowest BCUT2D eigenvalue weighted by Gasteiger charge is -2.18. The third-order valence-corrected chi connectivity index (χ3v) is 1.97. The van der Waals surface area contributed by atoms with Crippen molar-refractivity contribution in [1.82, 2.24) is 0 Å². The number of benzene rings is 1. The number of methoxy groups -OCH3 is 1. The molecule has 1 aromatic rings. The Morgan fingerprint density at radius 2 is 1.76 bits per heavy atom. The second-order valence-corrected chi connectivity index (χ2v) is 3.13. The lowest BCUT2D eigenvalue weighted by molar-refractivity contribution is -0.255. The Bertz CT molecular complexity index is 425. The van der Waals surface area contributed by atoms with Gasteiger partial charge in [0.15, 0.2) is 0 Å². The number of hydrogen-bond donors (Lipinski definition) is 0. The van der Waals surface area contributed by atoms with Gasteiger partial charge in [0.2, 0.25) is 5.78 Å². The first kappa shape index (κ1) is 13.4. The fourth-order valence-electron chi connectivity index (χ4n) is 1.07. The summed E-state index contributed by atoms with van der Waals surface area (Å²) in [4.78, 5) is 11.1. The van der Waals surface area contributed by atoms with Gasteiger partial charge in [0.1, 0.15) is 5.75 Å². The van der Waals surface area contributed by atoms with Gasteiger partial charge in [-0.3, -0.25) is 4.79 Å². The summed E-state index contributed by atoms with van der Waals surface area (Å²) in [6.07, 6.45) is -5.91. The van der Waals surface area contributed by atoms with E-state index in [9.17, 15) is 26.7 Å². The molecular formula is C10H7F5O2. The van der Waals surface area contributed by atoms with Crippen molar-refractivity contribution in [2.24, 2.45) is 0 Å². The van der Waals surface area contributed by atoms with E-state index in [0.717, 1.165) is 18.2 Å². The quantitative estimate of drug-likeness (QED) is 0.612. The number of Topliss-reactive ketones (excluding diaryl/α,β-unsaturated/α-hetero) is 1. The molecule has 7 heteroatoms. The molecule has 0 aliphatic heterocycles. The lowest BCUT2D eigenvalue weighted by Crippen LogP contribution is -2.44. The molecule has 0 fully saturated rings. The molecule has 0 unspecified atom stereocenters. The average Bonchev–Trinajstić information content (AvgIpc) is 2.26. The summed E-state index contributed by atoms with van der Waals surface area (Å²) >= 11 is 0. The van der Waals surface area contributed by atoms with E-state index in [0.29, 0.717) is 0 Å². The first-order valence-corrected chi connectivity index (χ1v) is 4.33. The van der Waals surface area contributed by atoms with Crippen LogP contribution in [0.15, 0.2) is 24.3 Å². The molecule has 0 saturated carbocycles. The van der Waals surface area contributed by atoms with Crippen molar-refractivity contribution in [2.45, 2.75) is 12.1 Å². The largest absolute Gasteiger partial charge is 0.497 e. The van der Waals surface area contributed by atoms with Gasteiger partial charge in [-0.15, -0.1) is 0 Å². The summed E-state index contributed by atoms with van der Waals surface area (Å²) in [6, 6.07) is 4.16. The van der Waals surface area contributed by atoms with Crippen LogP contribution in [0.25, 0.3) is 0 Å². The van der Waals surface area contributed by atoms with Crippen LogP contribution in [0.3, 0.4) is 0 Å². The molecule has 94 valence electrons. The Hall–Kier alpha value is -1.66. The predicted octanol–water partition coefficient (Wildman–Crippen LogP) is 3.08. The smallest absolute Gasteiger partial charge is 0.461 e. The van der Waals surface area contributed by atoms with Crippen molar-refractivity contribution in [3.05, 3.63) is 29.8 Å². The number of carbonyl (C=O) groups excluding carboxylic acids is 1. The molecule has 0 bridgehead atoms. The van der Waals surface area contributed by atoms with Gasteiger partial charge in [0.05, 0.1) is 7.11 Å². The van der Waals surface area contributed by atoms with Gasteiger partial charge in [-0.1, -0.05) is 12.1 Å². The van der Waals surface area contributed by atoms with E-state index in [1.54, 1.807) is 0 Å². The van der Waals surface area contributed by atoms with Gasteiger partial charge in [0.25, 0.3) is 0 Å². The number of ketones is 1. The number of ether oxygens (including phenoxy) is 1. The minimum Gasteiger partial charge on any atom is -0.497 e. The number of alkyl halides is 5. The molecule has 1 rings (SSSR count). The first-order chi connectivity index (χ1) is 7.70. The Labute approximate surface area is 93.0 Å². The molecular weight excluding hydrogens is 247 g/mol. The molecule has 0 aliphatic rings.